The summed E-state index contributed by atoms with van der Waals surface area (Å²) < 4.78 is 0. The maximum atomic E-state index is 11.7. The monoisotopic (exact) mass is 320 g/mol. The van der Waals surface area contributed by atoms with E-state index in [9.17, 15) is 14.9 Å². The van der Waals surface area contributed by atoms with Crippen molar-refractivity contribution in [2.24, 2.45) is 0 Å². The molecule has 1 saturated heterocycles. The van der Waals surface area contributed by atoms with Gasteiger partial charge in [0.15, 0.2) is 0 Å². The van der Waals surface area contributed by atoms with Crippen LogP contribution in [-0.4, -0.2) is 41.0 Å². The summed E-state index contributed by atoms with van der Waals surface area (Å²) in [7, 11) is 0. The number of aromatic amines is 1. The summed E-state index contributed by atoms with van der Waals surface area (Å²) in [6.07, 6.45) is 0. The van der Waals surface area contributed by atoms with Crippen LogP contribution in [0.3, 0.4) is 0 Å². The Labute approximate surface area is 130 Å². The molecule has 0 saturated carbocycles. The van der Waals surface area contributed by atoms with Crippen molar-refractivity contribution >= 4 is 17.0 Å². The fraction of sp³-hybridized carbons (Fsp3) is 0.357. The summed E-state index contributed by atoms with van der Waals surface area (Å²) in [6, 6.07) is 6.27. The van der Waals surface area contributed by atoms with Crippen LogP contribution in [0.2, 0.25) is 0 Å². The summed E-state index contributed by atoms with van der Waals surface area (Å²) in [5.41, 5.74) is 1.61. The Morgan fingerprint density at radius 1 is 1.23 bits per heavy atom. The minimum atomic E-state index is -0.429. The quantitative estimate of drug-likeness (QED) is 0.656. The molecule has 0 bridgehead atoms. The van der Waals surface area contributed by atoms with Crippen molar-refractivity contribution in [1.82, 2.24) is 15.2 Å². The first kappa shape index (κ1) is 14.9. The number of H-pyrrole nitrogens is 1. The van der Waals surface area contributed by atoms with Gasteiger partial charge in [-0.25, -0.2) is 0 Å². The zero-order valence-corrected chi connectivity index (χ0v) is 12.7. The second-order valence-electron chi connectivity index (χ2n) is 5.14. The number of nitrogens with zero attached hydrogens (tertiary/aromatic N) is 2. The third kappa shape index (κ3) is 3.24. The first-order chi connectivity index (χ1) is 10.6. The molecule has 7 nitrogen and oxygen atoms in total. The third-order valence-electron chi connectivity index (χ3n) is 3.67. The molecule has 8 heteroatoms. The lowest BCUT2D eigenvalue weighted by Gasteiger charge is -2.26. The Morgan fingerprint density at radius 3 is 2.55 bits per heavy atom. The van der Waals surface area contributed by atoms with E-state index in [0.717, 1.165) is 48.9 Å². The molecule has 2 heterocycles. The molecule has 0 amide bonds. The van der Waals surface area contributed by atoms with E-state index in [1.54, 1.807) is 12.1 Å². The molecule has 1 aliphatic rings. The molecule has 2 N–H and O–H groups in total. The van der Waals surface area contributed by atoms with E-state index in [1.165, 1.54) is 23.5 Å². The molecule has 0 spiro atoms. The van der Waals surface area contributed by atoms with Crippen LogP contribution in [0.1, 0.15) is 4.88 Å². The second-order valence-corrected chi connectivity index (χ2v) is 6.21. The number of rotatable bonds is 4. The largest absolute Gasteiger partial charge is 0.314 e. The topological polar surface area (TPSA) is 91.3 Å². The molecule has 2 aromatic rings. The fourth-order valence-electron chi connectivity index (χ4n) is 2.53. The van der Waals surface area contributed by atoms with Gasteiger partial charge in [-0.15, -0.1) is 0 Å². The van der Waals surface area contributed by atoms with Crippen LogP contribution in [0.4, 0.5) is 5.69 Å². The maximum absolute atomic E-state index is 11.7. The molecular formula is C14H16N4O3S. The number of benzene rings is 1. The van der Waals surface area contributed by atoms with E-state index in [1.807, 2.05) is 0 Å². The van der Waals surface area contributed by atoms with Crippen LogP contribution in [0, 0.1) is 10.1 Å². The van der Waals surface area contributed by atoms with E-state index in [-0.39, 0.29) is 10.6 Å². The number of nitro groups is 1. The predicted octanol–water partition coefficient (Wildman–Crippen LogP) is 1.42. The van der Waals surface area contributed by atoms with Crippen molar-refractivity contribution < 1.29 is 4.92 Å². The standard InChI is InChI=1S/C14H16N4O3S/c19-14-16-13(10-1-3-11(4-2-10)18(20)21)12(22-14)9-17-7-5-15-6-8-17/h1-4,15H,5-9H2,(H,16,19). The lowest BCUT2D eigenvalue weighted by Crippen LogP contribution is -2.42. The van der Waals surface area contributed by atoms with Crippen molar-refractivity contribution in [3.05, 3.63) is 48.9 Å². The zero-order chi connectivity index (χ0) is 15.5. The van der Waals surface area contributed by atoms with E-state index < -0.39 is 4.92 Å². The Hall–Kier alpha value is -2.03. The third-order valence-corrected chi connectivity index (χ3v) is 4.53. The number of nitro benzene ring substituents is 1. The molecular weight excluding hydrogens is 304 g/mol. The number of hydrogen-bond donors (Lipinski definition) is 2. The number of non-ortho nitro benzene ring substituents is 1. The van der Waals surface area contributed by atoms with Crippen molar-refractivity contribution in [3.8, 4) is 11.3 Å². The normalized spacial score (nSPS) is 15.8. The molecule has 1 aromatic carbocycles. The zero-order valence-electron chi connectivity index (χ0n) is 11.9. The first-order valence-electron chi connectivity index (χ1n) is 7.03. The summed E-state index contributed by atoms with van der Waals surface area (Å²) in [4.78, 5) is 28.0. The van der Waals surface area contributed by atoms with Crippen molar-refractivity contribution in [3.63, 3.8) is 0 Å². The molecule has 0 atom stereocenters. The molecule has 0 aliphatic carbocycles. The van der Waals surface area contributed by atoms with Gasteiger partial charge in [-0.05, 0) is 17.7 Å². The average molecular weight is 320 g/mol. The maximum Gasteiger partial charge on any atom is 0.305 e. The number of hydrogen-bond acceptors (Lipinski definition) is 6. The summed E-state index contributed by atoms with van der Waals surface area (Å²) >= 11 is 1.21. The summed E-state index contributed by atoms with van der Waals surface area (Å²) in [6.45, 7) is 4.52. The molecule has 3 rings (SSSR count). The molecule has 116 valence electrons. The lowest BCUT2D eigenvalue weighted by molar-refractivity contribution is -0.384. The van der Waals surface area contributed by atoms with Crippen molar-refractivity contribution in [2.45, 2.75) is 6.54 Å². The van der Waals surface area contributed by atoms with Crippen LogP contribution in [0.5, 0.6) is 0 Å². The summed E-state index contributed by atoms with van der Waals surface area (Å²) in [5, 5.41) is 14.0. The Kier molecular flexibility index (Phi) is 4.32. The van der Waals surface area contributed by atoms with Crippen LogP contribution in [0.25, 0.3) is 11.3 Å². The van der Waals surface area contributed by atoms with Gasteiger partial charge in [0.2, 0.25) is 0 Å². The fourth-order valence-corrected chi connectivity index (χ4v) is 3.42. The highest BCUT2D eigenvalue weighted by Gasteiger charge is 2.16. The Morgan fingerprint density at radius 2 is 1.91 bits per heavy atom. The van der Waals surface area contributed by atoms with Crippen molar-refractivity contribution in [2.75, 3.05) is 26.2 Å². The molecule has 0 unspecified atom stereocenters. The average Bonchev–Trinajstić information content (AvgIpc) is 2.89. The van der Waals surface area contributed by atoms with Gasteiger partial charge in [-0.3, -0.25) is 19.8 Å². The SMILES string of the molecule is O=c1[nH]c(-c2ccc([N+](=O)[O-])cc2)c(CN2CCNCC2)s1. The number of thiazole rings is 1. The van der Waals surface area contributed by atoms with Gasteiger partial charge in [0.05, 0.1) is 10.6 Å². The van der Waals surface area contributed by atoms with Gasteiger partial charge in [-0.1, -0.05) is 11.3 Å². The van der Waals surface area contributed by atoms with E-state index in [4.69, 9.17) is 0 Å². The van der Waals surface area contributed by atoms with E-state index in [0.29, 0.717) is 0 Å². The van der Waals surface area contributed by atoms with E-state index >= 15 is 0 Å². The lowest BCUT2D eigenvalue weighted by atomic mass is 10.1. The van der Waals surface area contributed by atoms with Gasteiger partial charge >= 0.3 is 4.87 Å². The minimum absolute atomic E-state index is 0.0463. The van der Waals surface area contributed by atoms with Gasteiger partial charge < -0.3 is 10.3 Å². The second kappa shape index (κ2) is 6.39. The smallest absolute Gasteiger partial charge is 0.305 e. The molecule has 1 fully saturated rings. The van der Waals surface area contributed by atoms with Crippen LogP contribution in [0.15, 0.2) is 29.1 Å². The molecule has 1 aliphatic heterocycles. The Balaban J connectivity index is 1.86. The number of piperazine rings is 1. The number of nitrogens with one attached hydrogen (secondary N) is 2. The Bertz CT molecular complexity index is 716. The molecule has 1 aromatic heterocycles. The van der Waals surface area contributed by atoms with Gasteiger partial charge in [-0.2, -0.15) is 0 Å². The van der Waals surface area contributed by atoms with E-state index in [2.05, 4.69) is 15.2 Å². The van der Waals surface area contributed by atoms with Gasteiger partial charge in [0, 0.05) is 49.7 Å². The van der Waals surface area contributed by atoms with Gasteiger partial charge in [0.25, 0.3) is 5.69 Å². The molecule has 22 heavy (non-hydrogen) atoms. The minimum Gasteiger partial charge on any atom is -0.314 e. The van der Waals surface area contributed by atoms with Gasteiger partial charge in [0.1, 0.15) is 0 Å². The first-order valence-corrected chi connectivity index (χ1v) is 7.85. The highest BCUT2D eigenvalue weighted by atomic mass is 32.1. The van der Waals surface area contributed by atoms with Crippen LogP contribution in [-0.2, 0) is 6.54 Å². The highest BCUT2D eigenvalue weighted by Crippen LogP contribution is 2.26. The molecule has 0 radical (unpaired) electrons. The van der Waals surface area contributed by atoms with Crippen LogP contribution >= 0.6 is 11.3 Å². The predicted molar refractivity (Wildman–Crippen MR) is 85.2 cm³/mol. The summed E-state index contributed by atoms with van der Waals surface area (Å²) in [5.74, 6) is 0. The van der Waals surface area contributed by atoms with Crippen molar-refractivity contribution in [1.29, 1.82) is 0 Å². The highest BCUT2D eigenvalue weighted by molar-refractivity contribution is 7.09. The van der Waals surface area contributed by atoms with Crippen LogP contribution < -0.4 is 10.2 Å². The number of aromatic nitrogens is 1.